The minimum atomic E-state index is -2.18. The van der Waals surface area contributed by atoms with Crippen molar-refractivity contribution in [1.82, 2.24) is 9.38 Å². The Labute approximate surface area is 226 Å². The number of hydrogen-bond donors (Lipinski definition) is 0. The summed E-state index contributed by atoms with van der Waals surface area (Å²) in [7, 11) is -2.18. The first-order valence-electron chi connectivity index (χ1n) is 11.8. The molecule has 8 heteroatoms. The molecule has 188 valence electrons. The van der Waals surface area contributed by atoms with Crippen molar-refractivity contribution in [2.75, 3.05) is 6.61 Å². The molecule has 0 aliphatic rings. The Morgan fingerprint density at radius 3 is 1.89 bits per heavy atom. The molecule has 0 aliphatic heterocycles. The van der Waals surface area contributed by atoms with E-state index in [0.29, 0.717) is 23.4 Å². The quantitative estimate of drug-likeness (QED) is 0.217. The third-order valence-electron chi connectivity index (χ3n) is 6.15. The molecule has 3 aromatic carbocycles. The van der Waals surface area contributed by atoms with Crippen LogP contribution in [0.4, 0.5) is 0 Å². The molecule has 0 N–H and O–H groups in total. The van der Waals surface area contributed by atoms with E-state index in [1.54, 1.807) is 13.0 Å². The lowest BCUT2D eigenvalue weighted by molar-refractivity contribution is -0.142. The molecule has 5 nitrogen and oxygen atoms in total. The van der Waals surface area contributed by atoms with Gasteiger partial charge in [-0.15, -0.1) is 11.3 Å². The van der Waals surface area contributed by atoms with Gasteiger partial charge in [-0.05, 0) is 43.3 Å². The summed E-state index contributed by atoms with van der Waals surface area (Å²) in [5.74, 6) is -0.352. The van der Waals surface area contributed by atoms with Crippen molar-refractivity contribution in [3.05, 3.63) is 124 Å². The van der Waals surface area contributed by atoms with Crippen molar-refractivity contribution in [3.63, 3.8) is 0 Å². The zero-order chi connectivity index (χ0) is 25.0. The van der Waals surface area contributed by atoms with Crippen LogP contribution in [0.5, 0.6) is 0 Å². The molecule has 0 radical (unpaired) electrons. The van der Waals surface area contributed by atoms with Crippen LogP contribution in [0.25, 0.3) is 4.96 Å². The van der Waals surface area contributed by atoms with Gasteiger partial charge in [0.2, 0.25) is 0 Å². The Hall–Kier alpha value is -3.31. The summed E-state index contributed by atoms with van der Waals surface area (Å²) in [6.07, 6.45) is 0.658. The molecule has 0 atom stereocenters. The highest BCUT2D eigenvalue weighted by molar-refractivity contribution is 7.95. The van der Waals surface area contributed by atoms with Gasteiger partial charge in [-0.2, -0.15) is 0 Å². The zero-order valence-electron chi connectivity index (χ0n) is 20.3. The lowest BCUT2D eigenvalue weighted by Gasteiger charge is -2.27. The average Bonchev–Trinajstić information content (AvgIpc) is 3.31. The van der Waals surface area contributed by atoms with Crippen molar-refractivity contribution < 1.29 is 21.9 Å². The van der Waals surface area contributed by atoms with E-state index in [0.717, 1.165) is 5.69 Å². The number of fused-ring (bicyclic) bond motifs is 1. The molecule has 0 saturated carbocycles. The van der Waals surface area contributed by atoms with Crippen LogP contribution >= 0.6 is 18.6 Å². The van der Waals surface area contributed by atoms with Crippen molar-refractivity contribution in [2.45, 2.75) is 19.5 Å². The second-order valence-corrected chi connectivity index (χ2v) is 12.7. The first-order chi connectivity index (χ1) is 17.6. The highest BCUT2D eigenvalue weighted by atomic mass is 35.5. The van der Waals surface area contributed by atoms with E-state index in [4.69, 9.17) is 9.72 Å². The van der Waals surface area contributed by atoms with E-state index in [1.807, 2.05) is 23.6 Å². The molecular weight excluding hydrogens is 523 g/mol. The standard InChI is InChI=1S/C29H26N2O3PS.ClH/c1-2-34-28(33)19-23-21-36-29-30-22(18-27(32)31(23)29)20-35(24-12-6-3-7-13-24,25-14-8-4-9-15-25)26-16-10-5-11-17-26;/h3-18,21H,2,19-20H2,1H3;1H/q+1;/p-1. The number of halogens is 1. The van der Waals surface area contributed by atoms with Crippen LogP contribution in [-0.2, 0) is 22.1 Å². The number of hydrogen-bond acceptors (Lipinski definition) is 5. The molecule has 0 spiro atoms. The van der Waals surface area contributed by atoms with Crippen molar-refractivity contribution in [1.29, 1.82) is 0 Å². The summed E-state index contributed by atoms with van der Waals surface area (Å²) in [5.41, 5.74) is 1.17. The van der Waals surface area contributed by atoms with Gasteiger partial charge >= 0.3 is 5.97 Å². The molecule has 0 bridgehead atoms. The van der Waals surface area contributed by atoms with Gasteiger partial charge < -0.3 is 17.1 Å². The summed E-state index contributed by atoms with van der Waals surface area (Å²) in [6.45, 7) is 2.08. The number of nitrogens with zero attached hydrogens (tertiary/aromatic N) is 2. The van der Waals surface area contributed by atoms with Crippen molar-refractivity contribution >= 4 is 45.4 Å². The lowest BCUT2D eigenvalue weighted by Crippen LogP contribution is -3.00. The number of carbonyl (C=O) groups is 1. The Kier molecular flexibility index (Phi) is 8.55. The highest BCUT2D eigenvalue weighted by Crippen LogP contribution is 2.57. The van der Waals surface area contributed by atoms with E-state index in [1.165, 1.54) is 31.7 Å². The first kappa shape index (κ1) is 26.7. The smallest absolute Gasteiger partial charge is 0.311 e. The van der Waals surface area contributed by atoms with Crippen LogP contribution in [0.15, 0.2) is 107 Å². The van der Waals surface area contributed by atoms with Crippen LogP contribution in [0.3, 0.4) is 0 Å². The number of esters is 1. The molecule has 0 aliphatic carbocycles. The fourth-order valence-corrected chi connectivity index (χ4v) is 9.64. The SMILES string of the molecule is CCOC(=O)Cc1csc2nc(C[P+](c3ccccc3)(c3ccccc3)c3ccccc3)cc(=O)n12.[Cl-]. The first-order valence-corrected chi connectivity index (χ1v) is 14.7. The van der Waals surface area contributed by atoms with Gasteiger partial charge in [-0.25, -0.2) is 4.98 Å². The molecule has 0 saturated heterocycles. The Balaban J connectivity index is 0.00000320. The summed E-state index contributed by atoms with van der Waals surface area (Å²) < 4.78 is 6.60. The van der Waals surface area contributed by atoms with Crippen molar-refractivity contribution in [2.24, 2.45) is 0 Å². The fraction of sp³-hybridized carbons (Fsp3) is 0.138. The summed E-state index contributed by atoms with van der Waals surface area (Å²) in [4.78, 5) is 30.9. The van der Waals surface area contributed by atoms with Gasteiger partial charge in [-0.1, -0.05) is 54.6 Å². The topological polar surface area (TPSA) is 60.7 Å². The molecule has 0 fully saturated rings. The normalized spacial score (nSPS) is 11.2. The number of rotatable bonds is 8. The Bertz CT molecular complexity index is 1440. The second kappa shape index (κ2) is 11.8. The monoisotopic (exact) mass is 548 g/mol. The van der Waals surface area contributed by atoms with Crippen LogP contribution in [-0.4, -0.2) is 22.0 Å². The summed E-state index contributed by atoms with van der Waals surface area (Å²) in [5, 5.41) is 5.52. The van der Waals surface area contributed by atoms with Gasteiger partial charge in [0.25, 0.3) is 5.56 Å². The predicted octanol–water partition coefficient (Wildman–Crippen LogP) is 1.36. The Morgan fingerprint density at radius 2 is 1.41 bits per heavy atom. The van der Waals surface area contributed by atoms with Crippen LogP contribution in [0.1, 0.15) is 18.3 Å². The van der Waals surface area contributed by atoms with Gasteiger partial charge in [0.05, 0.1) is 18.7 Å². The molecular formula is C29H26ClN2O3PS. The van der Waals surface area contributed by atoms with Gasteiger partial charge in [0.1, 0.15) is 29.3 Å². The minimum Gasteiger partial charge on any atom is -1.00 e. The number of ether oxygens (including phenoxy) is 1. The Morgan fingerprint density at radius 1 is 0.892 bits per heavy atom. The predicted molar refractivity (Wildman–Crippen MR) is 149 cm³/mol. The van der Waals surface area contributed by atoms with Crippen LogP contribution < -0.4 is 33.9 Å². The molecule has 0 amide bonds. The van der Waals surface area contributed by atoms with E-state index >= 15 is 0 Å². The second-order valence-electron chi connectivity index (χ2n) is 8.39. The highest BCUT2D eigenvalue weighted by Gasteiger charge is 2.46. The van der Waals surface area contributed by atoms with Gasteiger partial charge in [-0.3, -0.25) is 14.0 Å². The lowest BCUT2D eigenvalue weighted by atomic mass is 10.3. The molecule has 5 rings (SSSR count). The number of thiazole rings is 1. The fourth-order valence-electron chi connectivity index (χ4n) is 4.60. The van der Waals surface area contributed by atoms with E-state index < -0.39 is 7.26 Å². The number of benzene rings is 3. The largest absolute Gasteiger partial charge is 1.00 e. The van der Waals surface area contributed by atoms with Crippen LogP contribution in [0, 0.1) is 0 Å². The molecule has 2 aromatic heterocycles. The maximum atomic E-state index is 13.3. The van der Waals surface area contributed by atoms with E-state index in [9.17, 15) is 9.59 Å². The van der Waals surface area contributed by atoms with Gasteiger partial charge in [0.15, 0.2) is 4.96 Å². The molecule has 2 heterocycles. The molecule has 37 heavy (non-hydrogen) atoms. The number of aromatic nitrogens is 2. The van der Waals surface area contributed by atoms with Crippen molar-refractivity contribution in [3.8, 4) is 0 Å². The summed E-state index contributed by atoms with van der Waals surface area (Å²) in [6, 6.07) is 33.2. The molecule has 0 unspecified atom stereocenters. The van der Waals surface area contributed by atoms with Crippen LogP contribution in [0.2, 0.25) is 0 Å². The van der Waals surface area contributed by atoms with E-state index in [2.05, 4.69) is 72.8 Å². The maximum Gasteiger partial charge on any atom is 0.311 e. The maximum absolute atomic E-state index is 13.3. The number of carbonyl (C=O) groups excluding carboxylic acids is 1. The third-order valence-corrected chi connectivity index (χ3v) is 11.4. The van der Waals surface area contributed by atoms with E-state index in [-0.39, 0.29) is 30.4 Å². The summed E-state index contributed by atoms with van der Waals surface area (Å²) >= 11 is 1.37. The zero-order valence-corrected chi connectivity index (χ0v) is 22.8. The third kappa shape index (κ3) is 5.37. The van der Waals surface area contributed by atoms with Gasteiger partial charge in [0, 0.05) is 17.1 Å². The molecule has 5 aromatic rings. The minimum absolute atomic E-state index is 0. The average molecular weight is 549 g/mol.